The third-order valence-corrected chi connectivity index (χ3v) is 2.98. The highest BCUT2D eigenvalue weighted by Crippen LogP contribution is 2.04. The van der Waals surface area contributed by atoms with Crippen molar-refractivity contribution in [3.63, 3.8) is 0 Å². The van der Waals surface area contributed by atoms with Gasteiger partial charge in [0, 0.05) is 13.2 Å². The molecule has 0 amide bonds. The Bertz CT molecular complexity index is 130. The smallest absolute Gasteiger partial charge is 0.0443 e. The zero-order chi connectivity index (χ0) is 13.3. The second kappa shape index (κ2) is 16.8. The Morgan fingerprint density at radius 3 is 1.17 bits per heavy atom. The fraction of sp³-hybridized carbons (Fsp3) is 1.00. The Morgan fingerprint density at radius 1 is 0.444 bits per heavy atom. The molecule has 0 saturated heterocycles. The summed E-state index contributed by atoms with van der Waals surface area (Å²) in [5, 5.41) is 23.9. The first-order chi connectivity index (χ1) is 8.91. The van der Waals surface area contributed by atoms with Gasteiger partial charge in [0.1, 0.15) is 0 Å². The Kier molecular flexibility index (Phi) is 16.7. The molecule has 18 heavy (non-hydrogen) atoms. The summed E-state index contributed by atoms with van der Waals surface area (Å²) in [6.45, 7) is 4.64. The topological polar surface area (TPSA) is 64.5 Å². The average Bonchev–Trinajstić information content (AvgIpc) is 2.39. The van der Waals surface area contributed by atoms with E-state index in [2.05, 4.69) is 10.6 Å². The van der Waals surface area contributed by atoms with Crippen LogP contribution in [0.5, 0.6) is 0 Å². The van der Waals surface area contributed by atoms with Crippen LogP contribution in [-0.2, 0) is 0 Å². The molecule has 0 aliphatic heterocycles. The zero-order valence-corrected chi connectivity index (χ0v) is 11.8. The van der Waals surface area contributed by atoms with Gasteiger partial charge in [0.15, 0.2) is 0 Å². The maximum Gasteiger partial charge on any atom is 0.0443 e. The molecule has 4 heteroatoms. The monoisotopic (exact) mass is 260 g/mol. The van der Waals surface area contributed by atoms with Crippen LogP contribution in [0.25, 0.3) is 0 Å². The Hall–Kier alpha value is -0.160. The van der Waals surface area contributed by atoms with Crippen LogP contribution in [0.15, 0.2) is 0 Å². The average molecular weight is 260 g/mol. The van der Waals surface area contributed by atoms with Crippen LogP contribution in [0, 0.1) is 0 Å². The summed E-state index contributed by atoms with van der Waals surface area (Å²) < 4.78 is 0. The van der Waals surface area contributed by atoms with Gasteiger partial charge in [0.2, 0.25) is 0 Å². The van der Waals surface area contributed by atoms with Gasteiger partial charge < -0.3 is 20.8 Å². The number of unbranched alkanes of at least 4 members (excludes halogenated alkanes) is 5. The Labute approximate surface area is 112 Å². The van der Waals surface area contributed by atoms with Crippen molar-refractivity contribution in [3.05, 3.63) is 0 Å². The van der Waals surface area contributed by atoms with Gasteiger partial charge in [-0.1, -0.05) is 25.7 Å². The van der Waals surface area contributed by atoms with Crippen molar-refractivity contribution in [2.24, 2.45) is 0 Å². The van der Waals surface area contributed by atoms with Crippen molar-refractivity contribution < 1.29 is 10.2 Å². The zero-order valence-electron chi connectivity index (χ0n) is 11.8. The van der Waals surface area contributed by atoms with E-state index in [9.17, 15) is 0 Å². The van der Waals surface area contributed by atoms with Gasteiger partial charge >= 0.3 is 0 Å². The molecule has 0 aliphatic rings. The van der Waals surface area contributed by atoms with E-state index in [1.165, 1.54) is 38.5 Å². The molecule has 0 aromatic heterocycles. The first-order valence-corrected chi connectivity index (χ1v) is 7.55. The normalized spacial score (nSPS) is 11.0. The molecule has 0 aromatic rings. The van der Waals surface area contributed by atoms with E-state index in [4.69, 9.17) is 10.2 Å². The maximum absolute atomic E-state index is 8.60. The highest BCUT2D eigenvalue weighted by atomic mass is 16.3. The van der Waals surface area contributed by atoms with Crippen LogP contribution in [0.1, 0.15) is 51.4 Å². The van der Waals surface area contributed by atoms with Crippen molar-refractivity contribution in [1.29, 1.82) is 0 Å². The van der Waals surface area contributed by atoms with E-state index in [-0.39, 0.29) is 0 Å². The molecule has 0 aromatic carbocycles. The number of hydrogen-bond acceptors (Lipinski definition) is 4. The van der Waals surface area contributed by atoms with Gasteiger partial charge in [-0.2, -0.15) is 0 Å². The molecule has 0 heterocycles. The van der Waals surface area contributed by atoms with Crippen molar-refractivity contribution in [2.45, 2.75) is 51.4 Å². The summed E-state index contributed by atoms with van der Waals surface area (Å²) >= 11 is 0. The van der Waals surface area contributed by atoms with Crippen LogP contribution >= 0.6 is 0 Å². The van der Waals surface area contributed by atoms with Crippen molar-refractivity contribution in [2.75, 3.05) is 39.4 Å². The van der Waals surface area contributed by atoms with E-state index < -0.39 is 0 Å². The Morgan fingerprint density at radius 2 is 0.778 bits per heavy atom. The fourth-order valence-electron chi connectivity index (χ4n) is 1.87. The third kappa shape index (κ3) is 15.8. The molecule has 0 radical (unpaired) electrons. The molecule has 0 spiro atoms. The standard InChI is InChI=1S/C14H32N2O2/c17-13-7-11-15-9-5-3-1-2-4-6-10-16-12-8-14-18/h15-18H,1-14H2. The lowest BCUT2D eigenvalue weighted by Crippen LogP contribution is -2.17. The molecule has 110 valence electrons. The molecule has 0 aliphatic carbocycles. The first-order valence-electron chi connectivity index (χ1n) is 7.55. The molecule has 0 bridgehead atoms. The lowest BCUT2D eigenvalue weighted by atomic mass is 10.1. The molecule has 4 N–H and O–H groups in total. The lowest BCUT2D eigenvalue weighted by molar-refractivity contribution is 0.285. The molecule has 0 atom stereocenters. The van der Waals surface area contributed by atoms with E-state index in [1.807, 2.05) is 0 Å². The molecule has 0 rings (SSSR count). The van der Waals surface area contributed by atoms with Gasteiger partial charge in [0.05, 0.1) is 0 Å². The Balaban J connectivity index is 2.86. The molecule has 0 unspecified atom stereocenters. The second-order valence-corrected chi connectivity index (χ2v) is 4.78. The second-order valence-electron chi connectivity index (χ2n) is 4.78. The minimum absolute atomic E-state index is 0.291. The van der Waals surface area contributed by atoms with E-state index >= 15 is 0 Å². The number of aliphatic hydroxyl groups excluding tert-OH is 2. The molecule has 4 nitrogen and oxygen atoms in total. The fourth-order valence-corrected chi connectivity index (χ4v) is 1.87. The minimum atomic E-state index is 0.291. The van der Waals surface area contributed by atoms with Gasteiger partial charge in [-0.15, -0.1) is 0 Å². The predicted octanol–water partition coefficient (Wildman–Crippen LogP) is 1.27. The SMILES string of the molecule is OCCCNCCCCCCCCNCCCO. The summed E-state index contributed by atoms with van der Waals surface area (Å²) in [7, 11) is 0. The largest absolute Gasteiger partial charge is 0.396 e. The van der Waals surface area contributed by atoms with Crippen LogP contribution < -0.4 is 10.6 Å². The van der Waals surface area contributed by atoms with Crippen LogP contribution in [0.2, 0.25) is 0 Å². The highest BCUT2D eigenvalue weighted by molar-refractivity contribution is 4.52. The number of aliphatic hydroxyl groups is 2. The quantitative estimate of drug-likeness (QED) is 0.335. The van der Waals surface area contributed by atoms with Crippen molar-refractivity contribution in [3.8, 4) is 0 Å². The highest BCUT2D eigenvalue weighted by Gasteiger charge is 1.92. The van der Waals surface area contributed by atoms with Gasteiger partial charge in [-0.3, -0.25) is 0 Å². The van der Waals surface area contributed by atoms with Crippen molar-refractivity contribution in [1.82, 2.24) is 10.6 Å². The summed E-state index contributed by atoms with van der Waals surface area (Å²) in [5.41, 5.74) is 0. The van der Waals surface area contributed by atoms with Crippen LogP contribution in [-0.4, -0.2) is 49.6 Å². The van der Waals surface area contributed by atoms with Gasteiger partial charge in [0.25, 0.3) is 0 Å². The molecule has 0 saturated carbocycles. The van der Waals surface area contributed by atoms with Crippen molar-refractivity contribution >= 4 is 0 Å². The number of nitrogens with one attached hydrogen (secondary N) is 2. The summed E-state index contributed by atoms with van der Waals surface area (Å²) in [5.74, 6) is 0. The van der Waals surface area contributed by atoms with Crippen LogP contribution in [0.3, 0.4) is 0 Å². The maximum atomic E-state index is 8.60. The predicted molar refractivity (Wildman–Crippen MR) is 76.8 cm³/mol. The minimum Gasteiger partial charge on any atom is -0.396 e. The number of hydrogen-bond donors (Lipinski definition) is 4. The van der Waals surface area contributed by atoms with E-state index in [0.717, 1.165) is 39.0 Å². The third-order valence-electron chi connectivity index (χ3n) is 2.98. The molecular formula is C14H32N2O2. The molecular weight excluding hydrogens is 228 g/mol. The summed E-state index contributed by atoms with van der Waals surface area (Å²) in [6, 6.07) is 0. The summed E-state index contributed by atoms with van der Waals surface area (Å²) in [6.07, 6.45) is 9.51. The molecule has 0 fully saturated rings. The van der Waals surface area contributed by atoms with Crippen LogP contribution in [0.4, 0.5) is 0 Å². The first kappa shape index (κ1) is 17.8. The van der Waals surface area contributed by atoms with E-state index in [1.54, 1.807) is 0 Å². The van der Waals surface area contributed by atoms with E-state index in [0.29, 0.717) is 13.2 Å². The van der Waals surface area contributed by atoms with Gasteiger partial charge in [-0.25, -0.2) is 0 Å². The summed E-state index contributed by atoms with van der Waals surface area (Å²) in [4.78, 5) is 0. The van der Waals surface area contributed by atoms with Gasteiger partial charge in [-0.05, 0) is 51.9 Å². The number of rotatable bonds is 15. The lowest BCUT2D eigenvalue weighted by Gasteiger charge is -2.05.